The standard InChI is InChI=1S/C8H17NO3/c1-3-5-9-7(8(10)11)4-6-12-2/h7,9H,3-6H2,1-2H3,(H,10,11). The minimum atomic E-state index is -0.805. The van der Waals surface area contributed by atoms with Gasteiger partial charge in [0.15, 0.2) is 0 Å². The van der Waals surface area contributed by atoms with Crippen molar-refractivity contribution in [1.29, 1.82) is 0 Å². The lowest BCUT2D eigenvalue weighted by Gasteiger charge is -2.12. The molecule has 0 aliphatic rings. The molecule has 0 aromatic carbocycles. The van der Waals surface area contributed by atoms with Crippen LogP contribution < -0.4 is 5.32 Å². The minimum Gasteiger partial charge on any atom is -0.480 e. The fourth-order valence-corrected chi connectivity index (χ4v) is 0.867. The smallest absolute Gasteiger partial charge is 0.320 e. The Morgan fingerprint density at radius 2 is 2.33 bits per heavy atom. The van der Waals surface area contributed by atoms with Crippen LogP contribution >= 0.6 is 0 Å². The van der Waals surface area contributed by atoms with Crippen LogP contribution in [-0.4, -0.2) is 37.4 Å². The van der Waals surface area contributed by atoms with Gasteiger partial charge in [-0.2, -0.15) is 0 Å². The third-order valence-electron chi connectivity index (χ3n) is 1.55. The second-order valence-electron chi connectivity index (χ2n) is 2.63. The number of methoxy groups -OCH3 is 1. The lowest BCUT2D eigenvalue weighted by atomic mass is 10.2. The number of ether oxygens (including phenoxy) is 1. The van der Waals surface area contributed by atoms with Crippen molar-refractivity contribution in [3.63, 3.8) is 0 Å². The van der Waals surface area contributed by atoms with Gasteiger partial charge in [-0.05, 0) is 19.4 Å². The summed E-state index contributed by atoms with van der Waals surface area (Å²) in [5.41, 5.74) is 0. The Balaban J connectivity index is 3.62. The highest BCUT2D eigenvalue weighted by Gasteiger charge is 2.14. The monoisotopic (exact) mass is 175 g/mol. The number of aliphatic carboxylic acids is 1. The molecule has 0 aliphatic carbocycles. The molecule has 0 heterocycles. The normalized spacial score (nSPS) is 12.8. The molecule has 12 heavy (non-hydrogen) atoms. The van der Waals surface area contributed by atoms with E-state index in [0.29, 0.717) is 13.0 Å². The van der Waals surface area contributed by atoms with Crippen molar-refractivity contribution in [2.75, 3.05) is 20.3 Å². The molecule has 72 valence electrons. The first-order chi connectivity index (χ1) is 5.72. The van der Waals surface area contributed by atoms with Crippen LogP contribution in [0.4, 0.5) is 0 Å². The zero-order valence-corrected chi connectivity index (χ0v) is 7.67. The summed E-state index contributed by atoms with van der Waals surface area (Å²) in [6.45, 7) is 3.22. The maximum atomic E-state index is 10.6. The van der Waals surface area contributed by atoms with E-state index >= 15 is 0 Å². The van der Waals surface area contributed by atoms with Gasteiger partial charge in [0.25, 0.3) is 0 Å². The first-order valence-corrected chi connectivity index (χ1v) is 4.17. The number of hydrogen-bond donors (Lipinski definition) is 2. The van der Waals surface area contributed by atoms with E-state index in [4.69, 9.17) is 9.84 Å². The molecule has 0 aromatic rings. The molecule has 0 amide bonds. The Labute approximate surface area is 72.9 Å². The zero-order chi connectivity index (χ0) is 9.40. The van der Waals surface area contributed by atoms with Crippen LogP contribution in [0.2, 0.25) is 0 Å². The van der Waals surface area contributed by atoms with E-state index in [1.165, 1.54) is 0 Å². The number of carboxylic acid groups (broad SMARTS) is 1. The summed E-state index contributed by atoms with van der Waals surface area (Å²) in [7, 11) is 1.57. The van der Waals surface area contributed by atoms with Crippen molar-refractivity contribution < 1.29 is 14.6 Å². The Morgan fingerprint density at radius 1 is 1.67 bits per heavy atom. The number of carboxylic acids is 1. The number of hydrogen-bond acceptors (Lipinski definition) is 3. The molecule has 0 aliphatic heterocycles. The van der Waals surface area contributed by atoms with Crippen LogP contribution in [0.3, 0.4) is 0 Å². The summed E-state index contributed by atoms with van der Waals surface area (Å²) >= 11 is 0. The molecule has 1 unspecified atom stereocenters. The first-order valence-electron chi connectivity index (χ1n) is 4.17. The minimum absolute atomic E-state index is 0.468. The molecule has 0 rings (SSSR count). The number of rotatable bonds is 7. The predicted octanol–water partition coefficient (Wildman–Crippen LogP) is 0.476. The van der Waals surface area contributed by atoms with Gasteiger partial charge < -0.3 is 15.2 Å². The summed E-state index contributed by atoms with van der Waals surface area (Å²) in [6.07, 6.45) is 1.46. The molecule has 1 atom stereocenters. The van der Waals surface area contributed by atoms with Gasteiger partial charge in [-0.3, -0.25) is 4.79 Å². The molecule has 2 N–H and O–H groups in total. The quantitative estimate of drug-likeness (QED) is 0.590. The molecule has 0 aromatic heterocycles. The lowest BCUT2D eigenvalue weighted by molar-refractivity contribution is -0.139. The van der Waals surface area contributed by atoms with Crippen LogP contribution in [0.1, 0.15) is 19.8 Å². The van der Waals surface area contributed by atoms with Crippen LogP contribution in [0, 0.1) is 0 Å². The van der Waals surface area contributed by atoms with Crippen molar-refractivity contribution >= 4 is 5.97 Å². The van der Waals surface area contributed by atoms with E-state index in [0.717, 1.165) is 13.0 Å². The average Bonchev–Trinajstić information content (AvgIpc) is 2.04. The highest BCUT2D eigenvalue weighted by atomic mass is 16.5. The second-order valence-corrected chi connectivity index (χ2v) is 2.63. The van der Waals surface area contributed by atoms with E-state index < -0.39 is 12.0 Å². The first kappa shape index (κ1) is 11.4. The summed E-state index contributed by atoms with van der Waals surface area (Å²) in [4.78, 5) is 10.6. The van der Waals surface area contributed by atoms with Gasteiger partial charge in [-0.1, -0.05) is 6.92 Å². The van der Waals surface area contributed by atoms with Gasteiger partial charge in [-0.15, -0.1) is 0 Å². The SMILES string of the molecule is CCCNC(CCOC)C(=O)O. The summed E-state index contributed by atoms with van der Waals surface area (Å²) < 4.78 is 4.80. The Hall–Kier alpha value is -0.610. The molecule has 0 radical (unpaired) electrons. The topological polar surface area (TPSA) is 58.6 Å². The number of nitrogens with one attached hydrogen (secondary N) is 1. The highest BCUT2D eigenvalue weighted by Crippen LogP contribution is 1.92. The highest BCUT2D eigenvalue weighted by molar-refractivity contribution is 5.73. The van der Waals surface area contributed by atoms with Gasteiger partial charge in [0, 0.05) is 13.7 Å². The third-order valence-corrected chi connectivity index (χ3v) is 1.55. The van der Waals surface area contributed by atoms with Crippen molar-refractivity contribution in [3.8, 4) is 0 Å². The van der Waals surface area contributed by atoms with E-state index in [2.05, 4.69) is 5.32 Å². The van der Waals surface area contributed by atoms with E-state index in [-0.39, 0.29) is 0 Å². The fraction of sp³-hybridized carbons (Fsp3) is 0.875. The fourth-order valence-electron chi connectivity index (χ4n) is 0.867. The van der Waals surface area contributed by atoms with Crippen molar-refractivity contribution in [3.05, 3.63) is 0 Å². The Morgan fingerprint density at radius 3 is 2.75 bits per heavy atom. The van der Waals surface area contributed by atoms with E-state index in [1.54, 1.807) is 7.11 Å². The van der Waals surface area contributed by atoms with Crippen LogP contribution in [-0.2, 0) is 9.53 Å². The average molecular weight is 175 g/mol. The molecule has 0 saturated heterocycles. The largest absolute Gasteiger partial charge is 0.480 e. The lowest BCUT2D eigenvalue weighted by Crippen LogP contribution is -2.37. The maximum absolute atomic E-state index is 10.6. The zero-order valence-electron chi connectivity index (χ0n) is 7.67. The number of carbonyl (C=O) groups is 1. The molecule has 4 heteroatoms. The van der Waals surface area contributed by atoms with Gasteiger partial charge in [-0.25, -0.2) is 0 Å². The van der Waals surface area contributed by atoms with Crippen LogP contribution in [0.15, 0.2) is 0 Å². The Bertz CT molecular complexity index is 119. The van der Waals surface area contributed by atoms with Crippen molar-refractivity contribution in [2.24, 2.45) is 0 Å². The molecule has 0 bridgehead atoms. The molecular weight excluding hydrogens is 158 g/mol. The Kier molecular flexibility index (Phi) is 6.70. The summed E-state index contributed by atoms with van der Waals surface area (Å²) in [5, 5.41) is 11.6. The van der Waals surface area contributed by atoms with Crippen molar-refractivity contribution in [2.45, 2.75) is 25.8 Å². The summed E-state index contributed by atoms with van der Waals surface area (Å²) in [5.74, 6) is -0.805. The van der Waals surface area contributed by atoms with E-state index in [9.17, 15) is 4.79 Å². The van der Waals surface area contributed by atoms with Gasteiger partial charge >= 0.3 is 5.97 Å². The molecule has 0 fully saturated rings. The third kappa shape index (κ3) is 5.09. The van der Waals surface area contributed by atoms with Crippen molar-refractivity contribution in [1.82, 2.24) is 5.32 Å². The molecule has 4 nitrogen and oxygen atoms in total. The predicted molar refractivity (Wildman–Crippen MR) is 46.2 cm³/mol. The van der Waals surface area contributed by atoms with Crippen LogP contribution in [0.25, 0.3) is 0 Å². The molecule has 0 saturated carbocycles. The second kappa shape index (κ2) is 7.06. The van der Waals surface area contributed by atoms with E-state index in [1.807, 2.05) is 6.92 Å². The summed E-state index contributed by atoms with van der Waals surface area (Å²) in [6, 6.07) is -0.468. The van der Waals surface area contributed by atoms with Crippen LogP contribution in [0.5, 0.6) is 0 Å². The van der Waals surface area contributed by atoms with Gasteiger partial charge in [0.2, 0.25) is 0 Å². The van der Waals surface area contributed by atoms with Gasteiger partial charge in [0.1, 0.15) is 6.04 Å². The molecular formula is C8H17NO3. The maximum Gasteiger partial charge on any atom is 0.320 e. The van der Waals surface area contributed by atoms with Gasteiger partial charge in [0.05, 0.1) is 0 Å². The molecule has 0 spiro atoms.